The average Bonchev–Trinajstić information content (AvgIpc) is 3.38. The van der Waals surface area contributed by atoms with Gasteiger partial charge in [0, 0.05) is 35.2 Å². The lowest BCUT2D eigenvalue weighted by molar-refractivity contribution is 0.0948. The number of nitrogens with one attached hydrogen (secondary N) is 2. The van der Waals surface area contributed by atoms with Crippen molar-refractivity contribution in [2.24, 2.45) is 5.92 Å². The first-order valence-corrected chi connectivity index (χ1v) is 10.8. The Hall–Kier alpha value is -3.87. The fraction of sp³-hybridized carbons (Fsp3) is 0.240. The molecule has 7 nitrogen and oxygen atoms in total. The lowest BCUT2D eigenvalue weighted by atomic mass is 10.0. The molecule has 7 heteroatoms. The molecular weight excluding hydrogens is 402 g/mol. The van der Waals surface area contributed by atoms with Crippen molar-refractivity contribution in [2.75, 3.05) is 11.9 Å². The molecule has 2 aromatic carbocycles. The zero-order valence-corrected chi connectivity index (χ0v) is 18.1. The molecule has 3 heterocycles. The molecule has 0 fully saturated rings. The quantitative estimate of drug-likeness (QED) is 0.515. The fourth-order valence-corrected chi connectivity index (χ4v) is 4.23. The van der Waals surface area contributed by atoms with Crippen LogP contribution in [0.4, 0.5) is 5.69 Å². The second kappa shape index (κ2) is 8.00. The van der Waals surface area contributed by atoms with Gasteiger partial charge in [0.15, 0.2) is 0 Å². The van der Waals surface area contributed by atoms with E-state index in [9.17, 15) is 9.59 Å². The second-order valence-electron chi connectivity index (χ2n) is 8.47. The van der Waals surface area contributed by atoms with Crippen molar-refractivity contribution in [3.63, 3.8) is 0 Å². The Morgan fingerprint density at radius 2 is 1.97 bits per heavy atom. The van der Waals surface area contributed by atoms with Crippen LogP contribution < -0.4 is 10.6 Å². The third kappa shape index (κ3) is 3.66. The second-order valence-corrected chi connectivity index (χ2v) is 8.47. The van der Waals surface area contributed by atoms with Crippen LogP contribution in [-0.4, -0.2) is 32.7 Å². The normalized spacial score (nSPS) is 18.1. The third-order valence-corrected chi connectivity index (χ3v) is 6.23. The van der Waals surface area contributed by atoms with E-state index in [-0.39, 0.29) is 23.8 Å². The largest absolute Gasteiger partial charge is 0.350 e. The maximum absolute atomic E-state index is 13.0. The molecule has 0 radical (unpaired) electrons. The number of carbonyl (C=O) groups is 2. The van der Waals surface area contributed by atoms with Crippen LogP contribution >= 0.6 is 0 Å². The molecule has 0 saturated heterocycles. The maximum atomic E-state index is 13.0. The Morgan fingerprint density at radius 3 is 2.78 bits per heavy atom. The maximum Gasteiger partial charge on any atom is 0.267 e. The van der Waals surface area contributed by atoms with Crippen LogP contribution in [0.2, 0.25) is 0 Å². The van der Waals surface area contributed by atoms with Crippen LogP contribution in [0.15, 0.2) is 67.0 Å². The van der Waals surface area contributed by atoms with Gasteiger partial charge in [0.2, 0.25) is 0 Å². The molecule has 0 aliphatic carbocycles. The summed E-state index contributed by atoms with van der Waals surface area (Å²) in [5.74, 6) is -0.00143. The molecule has 2 aromatic heterocycles. The Balaban J connectivity index is 1.40. The summed E-state index contributed by atoms with van der Waals surface area (Å²) in [5.41, 5.74) is 3.85. The first-order chi connectivity index (χ1) is 15.5. The molecule has 0 saturated carbocycles. The highest BCUT2D eigenvalue weighted by Crippen LogP contribution is 2.30. The minimum Gasteiger partial charge on any atom is -0.350 e. The van der Waals surface area contributed by atoms with Crippen LogP contribution in [-0.2, 0) is 6.54 Å². The van der Waals surface area contributed by atoms with Crippen molar-refractivity contribution in [1.82, 2.24) is 19.7 Å². The molecular formula is C25H25N5O2. The summed E-state index contributed by atoms with van der Waals surface area (Å²) >= 11 is 0. The molecule has 0 spiro atoms. The molecule has 4 aromatic rings. The van der Waals surface area contributed by atoms with Gasteiger partial charge in [-0.25, -0.2) is 0 Å². The van der Waals surface area contributed by atoms with Crippen LogP contribution in [0.5, 0.6) is 0 Å². The van der Waals surface area contributed by atoms with E-state index >= 15 is 0 Å². The third-order valence-electron chi connectivity index (χ3n) is 6.23. The number of aromatic nitrogens is 3. The summed E-state index contributed by atoms with van der Waals surface area (Å²) in [6, 6.07) is 17.6. The monoisotopic (exact) mass is 427 g/mol. The predicted molar refractivity (Wildman–Crippen MR) is 124 cm³/mol. The smallest absolute Gasteiger partial charge is 0.267 e. The van der Waals surface area contributed by atoms with Gasteiger partial charge in [0.25, 0.3) is 11.8 Å². The van der Waals surface area contributed by atoms with E-state index < -0.39 is 0 Å². The number of anilines is 1. The molecule has 0 bridgehead atoms. The van der Waals surface area contributed by atoms with E-state index in [0.717, 1.165) is 16.5 Å². The summed E-state index contributed by atoms with van der Waals surface area (Å²) in [5, 5.41) is 11.2. The van der Waals surface area contributed by atoms with Crippen LogP contribution in [0.3, 0.4) is 0 Å². The minimum atomic E-state index is -0.208. The summed E-state index contributed by atoms with van der Waals surface area (Å²) in [7, 11) is 0. The molecule has 2 atom stereocenters. The lowest BCUT2D eigenvalue weighted by Gasteiger charge is -2.20. The zero-order valence-electron chi connectivity index (χ0n) is 18.1. The number of hydrogen-bond donors (Lipinski definition) is 2. The van der Waals surface area contributed by atoms with E-state index in [1.54, 1.807) is 16.9 Å². The van der Waals surface area contributed by atoms with Crippen LogP contribution in [0, 0.1) is 5.92 Å². The standard InChI is InChI=1S/C25H25N5O2/c1-16-12-26-25(32)23-10-19-8-9-20(11-22(19)30(23)17(16)2)24(31)28-21-13-27-29(15-21)14-18-6-4-3-5-7-18/h3-11,13,15-17H,12,14H2,1-2H3,(H,26,32)(H,28,31)/t16-,17+/m1/s1. The van der Waals surface area contributed by atoms with Gasteiger partial charge in [-0.15, -0.1) is 0 Å². The number of fused-ring (bicyclic) bond motifs is 3. The number of hydrogen-bond acceptors (Lipinski definition) is 3. The number of carbonyl (C=O) groups excluding carboxylic acids is 2. The number of benzene rings is 2. The Morgan fingerprint density at radius 1 is 1.16 bits per heavy atom. The number of nitrogens with zero attached hydrogens (tertiary/aromatic N) is 3. The van der Waals surface area contributed by atoms with Crippen molar-refractivity contribution in [2.45, 2.75) is 26.4 Å². The Bertz CT molecular complexity index is 1300. The molecule has 2 amide bonds. The highest BCUT2D eigenvalue weighted by Gasteiger charge is 2.27. The molecule has 32 heavy (non-hydrogen) atoms. The van der Waals surface area contributed by atoms with E-state index in [4.69, 9.17) is 0 Å². The van der Waals surface area contributed by atoms with Gasteiger partial charge in [-0.3, -0.25) is 14.3 Å². The minimum absolute atomic E-state index is 0.0748. The summed E-state index contributed by atoms with van der Waals surface area (Å²) in [4.78, 5) is 25.5. The topological polar surface area (TPSA) is 81.0 Å². The van der Waals surface area contributed by atoms with Gasteiger partial charge in [-0.2, -0.15) is 5.10 Å². The SMILES string of the molecule is C[C@@H]1CNC(=O)c2cc3ccc(C(=O)Nc4cnn(Cc5ccccc5)c4)cc3n2[C@H]1C. The molecule has 0 unspecified atom stereocenters. The van der Waals surface area contributed by atoms with Gasteiger partial charge in [-0.1, -0.05) is 43.3 Å². The predicted octanol–water partition coefficient (Wildman–Crippen LogP) is 4.08. The van der Waals surface area contributed by atoms with Gasteiger partial charge in [-0.05, 0) is 36.6 Å². The van der Waals surface area contributed by atoms with E-state index in [1.165, 1.54) is 0 Å². The highest BCUT2D eigenvalue weighted by molar-refractivity contribution is 6.07. The first kappa shape index (κ1) is 20.1. The number of amides is 2. The molecule has 1 aliphatic heterocycles. The van der Waals surface area contributed by atoms with Crippen LogP contribution in [0.1, 0.15) is 46.3 Å². The Kier molecular flexibility index (Phi) is 5.01. The summed E-state index contributed by atoms with van der Waals surface area (Å²) < 4.78 is 3.85. The fourth-order valence-electron chi connectivity index (χ4n) is 4.23. The van der Waals surface area contributed by atoms with Gasteiger partial charge in [0.05, 0.1) is 18.4 Å². The first-order valence-electron chi connectivity index (χ1n) is 10.8. The van der Waals surface area contributed by atoms with Crippen molar-refractivity contribution in [3.8, 4) is 0 Å². The van der Waals surface area contributed by atoms with Crippen molar-refractivity contribution >= 4 is 28.4 Å². The van der Waals surface area contributed by atoms with Gasteiger partial charge < -0.3 is 15.2 Å². The van der Waals surface area contributed by atoms with Crippen molar-refractivity contribution in [1.29, 1.82) is 0 Å². The zero-order chi connectivity index (χ0) is 22.2. The lowest BCUT2D eigenvalue weighted by Crippen LogP contribution is -2.26. The molecule has 162 valence electrons. The summed E-state index contributed by atoms with van der Waals surface area (Å²) in [6.07, 6.45) is 3.47. The van der Waals surface area contributed by atoms with Gasteiger partial charge >= 0.3 is 0 Å². The van der Waals surface area contributed by atoms with E-state index in [1.807, 2.05) is 54.7 Å². The van der Waals surface area contributed by atoms with Gasteiger partial charge in [0.1, 0.15) is 5.69 Å². The van der Waals surface area contributed by atoms with Crippen LogP contribution in [0.25, 0.3) is 10.9 Å². The highest BCUT2D eigenvalue weighted by atomic mass is 16.2. The van der Waals surface area contributed by atoms with E-state index in [2.05, 4.69) is 34.1 Å². The molecule has 2 N–H and O–H groups in total. The average molecular weight is 428 g/mol. The van der Waals surface area contributed by atoms with E-state index in [0.29, 0.717) is 30.0 Å². The van der Waals surface area contributed by atoms with Crippen molar-refractivity contribution < 1.29 is 9.59 Å². The number of rotatable bonds is 4. The Labute approximate surface area is 186 Å². The van der Waals surface area contributed by atoms with Crippen molar-refractivity contribution in [3.05, 3.63) is 83.8 Å². The molecule has 5 rings (SSSR count). The molecule has 1 aliphatic rings. The summed E-state index contributed by atoms with van der Waals surface area (Å²) in [6.45, 7) is 5.50.